The molecule has 19 heavy (non-hydrogen) atoms. The summed E-state index contributed by atoms with van der Waals surface area (Å²) in [4.78, 5) is 17.6. The Morgan fingerprint density at radius 1 is 1.53 bits per heavy atom. The van der Waals surface area contributed by atoms with Gasteiger partial charge in [-0.05, 0) is 18.6 Å². The fraction of sp³-hybridized carbons (Fsp3) is 0.333. The first-order valence-electron chi connectivity index (χ1n) is 5.88. The van der Waals surface area contributed by atoms with Gasteiger partial charge < -0.3 is 15.1 Å². The van der Waals surface area contributed by atoms with Gasteiger partial charge in [-0.2, -0.15) is 0 Å². The molecule has 0 radical (unpaired) electrons. The number of aromatic nitrogens is 1. The number of carbonyl (C=O) groups excluding carboxylic acids is 1. The van der Waals surface area contributed by atoms with Gasteiger partial charge >= 0.3 is 0 Å². The van der Waals surface area contributed by atoms with E-state index in [0.29, 0.717) is 29.8 Å². The summed E-state index contributed by atoms with van der Waals surface area (Å²) in [7, 11) is 0.142. The minimum Gasteiger partial charge on any atom is -0.430 e. The lowest BCUT2D eigenvalue weighted by atomic mass is 10.3. The number of rotatable bonds is 2. The molecule has 0 bridgehead atoms. The molecule has 2 N–H and O–H groups in total. The molecule has 1 fully saturated rings. The molecule has 2 unspecified atom stereocenters. The predicted molar refractivity (Wildman–Crippen MR) is 70.9 cm³/mol. The van der Waals surface area contributed by atoms with Crippen LogP contribution in [0.3, 0.4) is 0 Å². The van der Waals surface area contributed by atoms with Gasteiger partial charge in [0.05, 0.1) is 0 Å². The van der Waals surface area contributed by atoms with Crippen LogP contribution in [-0.2, 0) is 15.6 Å². The zero-order valence-electron chi connectivity index (χ0n) is 10.3. The molecule has 1 aliphatic rings. The standard InChI is InChI=1S/C12H13N3O3S/c1-15-5-4-10(11(15)16)19(17)12-14-8-3-2-7(13)6-9(8)18-12/h2-3,6,10H,4-5,13H2,1H3. The van der Waals surface area contributed by atoms with E-state index in [0.717, 1.165) is 0 Å². The zero-order chi connectivity index (χ0) is 13.6. The van der Waals surface area contributed by atoms with E-state index < -0.39 is 16.0 Å². The number of nitrogens with zero attached hydrogens (tertiary/aromatic N) is 2. The van der Waals surface area contributed by atoms with Crippen molar-refractivity contribution >= 4 is 33.5 Å². The Bertz CT molecular complexity index is 682. The lowest BCUT2D eigenvalue weighted by Gasteiger charge is -2.07. The third kappa shape index (κ3) is 1.99. The van der Waals surface area contributed by atoms with Gasteiger partial charge in [0.1, 0.15) is 21.6 Å². The number of benzene rings is 1. The third-order valence-corrected chi connectivity index (χ3v) is 4.67. The van der Waals surface area contributed by atoms with E-state index in [1.807, 2.05) is 0 Å². The Balaban J connectivity index is 1.96. The molecule has 100 valence electrons. The highest BCUT2D eigenvalue weighted by Gasteiger charge is 2.36. The van der Waals surface area contributed by atoms with Gasteiger partial charge in [0.15, 0.2) is 5.58 Å². The summed E-state index contributed by atoms with van der Waals surface area (Å²) in [5.41, 5.74) is 7.28. The van der Waals surface area contributed by atoms with Crippen molar-refractivity contribution in [3.05, 3.63) is 18.2 Å². The van der Waals surface area contributed by atoms with Crippen LogP contribution >= 0.6 is 0 Å². The molecule has 1 aromatic carbocycles. The van der Waals surface area contributed by atoms with Gasteiger partial charge in [-0.1, -0.05) is 0 Å². The second-order valence-electron chi connectivity index (χ2n) is 4.54. The highest BCUT2D eigenvalue weighted by Crippen LogP contribution is 2.24. The molecular formula is C12H13N3O3S. The maximum absolute atomic E-state index is 12.3. The van der Waals surface area contributed by atoms with Gasteiger partial charge in [0.25, 0.3) is 5.22 Å². The van der Waals surface area contributed by atoms with Crippen molar-refractivity contribution in [2.24, 2.45) is 0 Å². The lowest BCUT2D eigenvalue weighted by molar-refractivity contribution is -0.126. The number of hydrogen-bond acceptors (Lipinski definition) is 5. The van der Waals surface area contributed by atoms with E-state index in [1.54, 1.807) is 30.1 Å². The van der Waals surface area contributed by atoms with E-state index in [2.05, 4.69) is 4.98 Å². The molecule has 0 saturated carbocycles. The number of nitrogen functional groups attached to an aromatic ring is 1. The third-order valence-electron chi connectivity index (χ3n) is 3.20. The molecular weight excluding hydrogens is 266 g/mol. The molecule has 1 saturated heterocycles. The normalized spacial score (nSPS) is 21.2. The molecule has 0 spiro atoms. The van der Waals surface area contributed by atoms with Gasteiger partial charge in [0.2, 0.25) is 5.91 Å². The Hall–Kier alpha value is -1.89. The van der Waals surface area contributed by atoms with Crippen molar-refractivity contribution < 1.29 is 13.4 Å². The Labute approximate surface area is 112 Å². The summed E-state index contributed by atoms with van der Waals surface area (Å²) < 4.78 is 17.8. The lowest BCUT2D eigenvalue weighted by Crippen LogP contribution is -2.28. The molecule has 2 aromatic rings. The molecule has 1 amide bonds. The Morgan fingerprint density at radius 2 is 2.32 bits per heavy atom. The van der Waals surface area contributed by atoms with Gasteiger partial charge in [-0.25, -0.2) is 9.19 Å². The van der Waals surface area contributed by atoms with Crippen LogP contribution in [0.1, 0.15) is 6.42 Å². The van der Waals surface area contributed by atoms with Crippen molar-refractivity contribution in [1.29, 1.82) is 0 Å². The molecule has 1 aliphatic heterocycles. The second-order valence-corrected chi connectivity index (χ2v) is 6.05. The highest BCUT2D eigenvalue weighted by atomic mass is 32.2. The first-order valence-corrected chi connectivity index (χ1v) is 7.09. The summed E-state index contributed by atoms with van der Waals surface area (Å²) in [6.45, 7) is 0.614. The van der Waals surface area contributed by atoms with Crippen LogP contribution in [0.2, 0.25) is 0 Å². The van der Waals surface area contributed by atoms with E-state index in [9.17, 15) is 9.00 Å². The average molecular weight is 279 g/mol. The first-order chi connectivity index (χ1) is 9.06. The molecule has 1 aromatic heterocycles. The minimum atomic E-state index is -1.56. The highest BCUT2D eigenvalue weighted by molar-refractivity contribution is 7.86. The molecule has 6 nitrogen and oxygen atoms in total. The van der Waals surface area contributed by atoms with Gasteiger partial charge in [0, 0.05) is 25.3 Å². The van der Waals surface area contributed by atoms with E-state index in [-0.39, 0.29) is 11.1 Å². The molecule has 0 aliphatic carbocycles. The first kappa shape index (κ1) is 12.2. The summed E-state index contributed by atoms with van der Waals surface area (Å²) in [5.74, 6) is -0.125. The zero-order valence-corrected chi connectivity index (χ0v) is 11.1. The van der Waals surface area contributed by atoms with Gasteiger partial charge in [-0.3, -0.25) is 4.79 Å². The molecule has 2 heterocycles. The average Bonchev–Trinajstić information content (AvgIpc) is 2.93. The van der Waals surface area contributed by atoms with Crippen molar-refractivity contribution in [3.8, 4) is 0 Å². The molecule has 3 rings (SSSR count). The van der Waals surface area contributed by atoms with Crippen molar-refractivity contribution in [2.75, 3.05) is 19.3 Å². The van der Waals surface area contributed by atoms with Crippen LogP contribution in [0.4, 0.5) is 5.69 Å². The quantitative estimate of drug-likeness (QED) is 0.819. The second kappa shape index (κ2) is 4.34. The summed E-state index contributed by atoms with van der Waals surface area (Å²) in [6.07, 6.45) is 0.558. The van der Waals surface area contributed by atoms with Crippen LogP contribution in [-0.4, -0.2) is 38.8 Å². The van der Waals surface area contributed by atoms with Crippen molar-refractivity contribution in [3.63, 3.8) is 0 Å². The SMILES string of the molecule is CN1CCC(S(=O)c2nc3ccc(N)cc3o2)C1=O. The fourth-order valence-corrected chi connectivity index (χ4v) is 3.40. The maximum atomic E-state index is 12.3. The van der Waals surface area contributed by atoms with Crippen LogP contribution in [0.5, 0.6) is 0 Å². The Kier molecular flexibility index (Phi) is 2.78. The minimum absolute atomic E-state index is 0.0919. The van der Waals surface area contributed by atoms with Crippen LogP contribution in [0.25, 0.3) is 11.1 Å². The fourth-order valence-electron chi connectivity index (χ4n) is 2.12. The smallest absolute Gasteiger partial charge is 0.288 e. The number of amides is 1. The Morgan fingerprint density at radius 3 is 3.00 bits per heavy atom. The number of anilines is 1. The van der Waals surface area contributed by atoms with Crippen molar-refractivity contribution in [1.82, 2.24) is 9.88 Å². The number of hydrogen-bond donors (Lipinski definition) is 1. The van der Waals surface area contributed by atoms with Gasteiger partial charge in [-0.15, -0.1) is 0 Å². The predicted octanol–water partition coefficient (Wildman–Crippen LogP) is 0.748. The number of fused-ring (bicyclic) bond motifs is 1. The van der Waals surface area contributed by atoms with E-state index in [1.165, 1.54) is 0 Å². The van der Waals surface area contributed by atoms with E-state index in [4.69, 9.17) is 10.2 Å². The molecule has 7 heteroatoms. The van der Waals surface area contributed by atoms with Crippen molar-refractivity contribution in [2.45, 2.75) is 16.9 Å². The number of nitrogens with two attached hydrogens (primary N) is 1. The topological polar surface area (TPSA) is 89.4 Å². The summed E-state index contributed by atoms with van der Waals surface area (Å²) in [6, 6.07) is 5.04. The van der Waals surface area contributed by atoms with Crippen LogP contribution < -0.4 is 5.73 Å². The number of likely N-dealkylation sites (tertiary alicyclic amines) is 1. The number of oxazole rings is 1. The summed E-state index contributed by atoms with van der Waals surface area (Å²) >= 11 is 0. The number of carbonyl (C=O) groups is 1. The van der Waals surface area contributed by atoms with E-state index >= 15 is 0 Å². The summed E-state index contributed by atoms with van der Waals surface area (Å²) in [5, 5.41) is -0.468. The maximum Gasteiger partial charge on any atom is 0.288 e. The largest absolute Gasteiger partial charge is 0.430 e. The van der Waals surface area contributed by atoms with Crippen LogP contribution in [0.15, 0.2) is 27.8 Å². The monoisotopic (exact) mass is 279 g/mol. The molecule has 2 atom stereocenters. The van der Waals surface area contributed by atoms with Crippen LogP contribution in [0, 0.1) is 0 Å².